The van der Waals surface area contributed by atoms with Gasteiger partial charge < -0.3 is 10.2 Å². The summed E-state index contributed by atoms with van der Waals surface area (Å²) in [4.78, 5) is 18.8. The van der Waals surface area contributed by atoms with E-state index in [2.05, 4.69) is 10.3 Å². The topological polar surface area (TPSA) is 69.0 Å². The molecule has 0 aliphatic heterocycles. The molecular formula is C20H22N4O. The van der Waals surface area contributed by atoms with Gasteiger partial charge in [-0.15, -0.1) is 0 Å². The summed E-state index contributed by atoms with van der Waals surface area (Å²) in [6.45, 7) is 6.21. The highest BCUT2D eigenvalue weighted by molar-refractivity contribution is 5.97. The summed E-state index contributed by atoms with van der Waals surface area (Å²) in [5.41, 5.74) is 1.93. The van der Waals surface area contributed by atoms with Crippen LogP contribution in [0.4, 0.5) is 5.82 Å². The lowest BCUT2D eigenvalue weighted by molar-refractivity contribution is -0.129. The minimum atomic E-state index is -0.304. The van der Waals surface area contributed by atoms with Gasteiger partial charge in [0.05, 0.1) is 0 Å². The molecule has 0 atom stereocenters. The Morgan fingerprint density at radius 1 is 1.24 bits per heavy atom. The number of nitrogens with zero attached hydrogens (tertiary/aromatic N) is 3. The van der Waals surface area contributed by atoms with Gasteiger partial charge in [0, 0.05) is 24.5 Å². The first kappa shape index (κ1) is 18.2. The summed E-state index contributed by atoms with van der Waals surface area (Å²) < 4.78 is 0. The number of carbonyl (C=O) groups is 1. The van der Waals surface area contributed by atoms with Crippen molar-refractivity contribution in [1.82, 2.24) is 9.88 Å². The maximum absolute atomic E-state index is 12.8. The zero-order valence-electron chi connectivity index (χ0n) is 14.7. The number of aromatic nitrogens is 1. The highest BCUT2D eigenvalue weighted by Gasteiger charge is 2.21. The van der Waals surface area contributed by atoms with Crippen LogP contribution in [-0.4, -0.2) is 21.8 Å². The third-order valence-electron chi connectivity index (χ3n) is 3.68. The Hall–Kier alpha value is -3.13. The number of carbonyl (C=O) groups excluding carboxylic acids is 1. The summed E-state index contributed by atoms with van der Waals surface area (Å²) in [6.07, 6.45) is 1.42. The molecule has 128 valence electrons. The van der Waals surface area contributed by atoms with Crippen molar-refractivity contribution in [2.24, 2.45) is 0 Å². The first-order chi connectivity index (χ1) is 12.0. The number of amides is 1. The van der Waals surface area contributed by atoms with Crippen LogP contribution in [0.3, 0.4) is 0 Å². The molecule has 2 rings (SSSR count). The quantitative estimate of drug-likeness (QED) is 0.647. The van der Waals surface area contributed by atoms with Gasteiger partial charge in [0.15, 0.2) is 0 Å². The van der Waals surface area contributed by atoms with Crippen molar-refractivity contribution < 1.29 is 4.79 Å². The van der Waals surface area contributed by atoms with Crippen molar-refractivity contribution in [2.45, 2.75) is 33.4 Å². The van der Waals surface area contributed by atoms with E-state index in [9.17, 15) is 10.1 Å². The normalized spacial score (nSPS) is 11.1. The van der Waals surface area contributed by atoms with E-state index >= 15 is 0 Å². The fraction of sp³-hybridized carbons (Fsp3) is 0.250. The van der Waals surface area contributed by atoms with Gasteiger partial charge in [0.1, 0.15) is 17.5 Å². The molecule has 2 aromatic rings. The van der Waals surface area contributed by atoms with Crippen LogP contribution in [0.1, 0.15) is 25.1 Å². The molecule has 0 aliphatic carbocycles. The molecular weight excluding hydrogens is 312 g/mol. The number of rotatable bonds is 6. The van der Waals surface area contributed by atoms with Gasteiger partial charge in [-0.05, 0) is 38.5 Å². The van der Waals surface area contributed by atoms with Crippen LogP contribution >= 0.6 is 0 Å². The van der Waals surface area contributed by atoms with Crippen LogP contribution in [-0.2, 0) is 11.3 Å². The van der Waals surface area contributed by atoms with Crippen molar-refractivity contribution in [1.29, 1.82) is 5.26 Å². The van der Waals surface area contributed by atoms with Gasteiger partial charge in [-0.25, -0.2) is 4.98 Å². The molecule has 0 fully saturated rings. The number of hydrogen-bond donors (Lipinski definition) is 1. The third kappa shape index (κ3) is 5.18. The van der Waals surface area contributed by atoms with E-state index in [0.29, 0.717) is 12.4 Å². The van der Waals surface area contributed by atoms with Gasteiger partial charge in [-0.1, -0.05) is 36.4 Å². The maximum Gasteiger partial charge on any atom is 0.266 e. The lowest BCUT2D eigenvalue weighted by Crippen LogP contribution is -2.37. The van der Waals surface area contributed by atoms with Gasteiger partial charge in [-0.3, -0.25) is 4.79 Å². The summed E-state index contributed by atoms with van der Waals surface area (Å²) in [7, 11) is 0. The first-order valence-electron chi connectivity index (χ1n) is 8.16. The van der Waals surface area contributed by atoms with Crippen LogP contribution in [0.25, 0.3) is 0 Å². The number of nitrogens with one attached hydrogen (secondary N) is 1. The Morgan fingerprint density at radius 3 is 2.56 bits per heavy atom. The molecule has 1 aromatic carbocycles. The van der Waals surface area contributed by atoms with E-state index in [0.717, 1.165) is 11.3 Å². The highest BCUT2D eigenvalue weighted by atomic mass is 16.2. The highest BCUT2D eigenvalue weighted by Crippen LogP contribution is 2.13. The van der Waals surface area contributed by atoms with Crippen LogP contribution in [0.5, 0.6) is 0 Å². The number of benzene rings is 1. The SMILES string of the molecule is Cc1cccc(N/C=C(/C#N)C(=O)N(Cc2ccccc2)C(C)C)n1. The van der Waals surface area contributed by atoms with Crippen molar-refractivity contribution in [3.05, 3.63) is 71.6 Å². The summed E-state index contributed by atoms with van der Waals surface area (Å²) in [5, 5.41) is 12.3. The first-order valence-corrected chi connectivity index (χ1v) is 8.16. The lowest BCUT2D eigenvalue weighted by Gasteiger charge is -2.26. The molecule has 25 heavy (non-hydrogen) atoms. The average Bonchev–Trinajstić information content (AvgIpc) is 2.60. The number of pyridine rings is 1. The predicted octanol–water partition coefficient (Wildman–Crippen LogP) is 3.65. The van der Waals surface area contributed by atoms with Crippen molar-refractivity contribution >= 4 is 11.7 Å². The van der Waals surface area contributed by atoms with Gasteiger partial charge >= 0.3 is 0 Å². The van der Waals surface area contributed by atoms with E-state index < -0.39 is 0 Å². The van der Waals surface area contributed by atoms with E-state index in [4.69, 9.17) is 0 Å². The van der Waals surface area contributed by atoms with Crippen LogP contribution < -0.4 is 5.32 Å². The molecule has 1 heterocycles. The van der Waals surface area contributed by atoms with Crippen molar-refractivity contribution in [2.75, 3.05) is 5.32 Å². The lowest BCUT2D eigenvalue weighted by atomic mass is 10.1. The number of nitriles is 1. The number of anilines is 1. The van der Waals surface area contributed by atoms with E-state index in [1.807, 2.05) is 69.3 Å². The molecule has 5 nitrogen and oxygen atoms in total. The van der Waals surface area contributed by atoms with E-state index in [1.165, 1.54) is 6.20 Å². The van der Waals surface area contributed by atoms with Crippen LogP contribution in [0, 0.1) is 18.3 Å². The summed E-state index contributed by atoms with van der Waals surface area (Å²) >= 11 is 0. The van der Waals surface area contributed by atoms with Crippen molar-refractivity contribution in [3.63, 3.8) is 0 Å². The largest absolute Gasteiger partial charge is 0.345 e. The zero-order chi connectivity index (χ0) is 18.2. The molecule has 1 aromatic heterocycles. The molecule has 0 saturated carbocycles. The Bertz CT molecular complexity index is 791. The smallest absolute Gasteiger partial charge is 0.266 e. The fourth-order valence-electron chi connectivity index (χ4n) is 2.34. The molecule has 5 heteroatoms. The average molecular weight is 334 g/mol. The molecule has 0 bridgehead atoms. The molecule has 0 saturated heterocycles. The molecule has 0 spiro atoms. The van der Waals surface area contributed by atoms with Crippen LogP contribution in [0.2, 0.25) is 0 Å². The second-order valence-electron chi connectivity index (χ2n) is 5.99. The Kier molecular flexibility index (Phi) is 6.30. The van der Waals surface area contributed by atoms with E-state index in [1.54, 1.807) is 11.0 Å². The second-order valence-corrected chi connectivity index (χ2v) is 5.99. The Morgan fingerprint density at radius 2 is 1.96 bits per heavy atom. The monoisotopic (exact) mass is 334 g/mol. The molecule has 1 N–H and O–H groups in total. The van der Waals surface area contributed by atoms with Crippen molar-refractivity contribution in [3.8, 4) is 6.07 Å². The fourth-order valence-corrected chi connectivity index (χ4v) is 2.34. The van der Waals surface area contributed by atoms with Crippen LogP contribution in [0.15, 0.2) is 60.3 Å². The summed E-state index contributed by atoms with van der Waals surface area (Å²) in [6, 6.07) is 17.2. The Labute approximate surface area is 148 Å². The molecule has 1 amide bonds. The molecule has 0 radical (unpaired) electrons. The molecule has 0 unspecified atom stereocenters. The standard InChI is InChI=1S/C20H22N4O/c1-15(2)24(14-17-9-5-4-6-10-17)20(25)18(12-21)13-22-19-11-7-8-16(3)23-19/h4-11,13,15H,14H2,1-3H3,(H,22,23)/b18-13-. The predicted molar refractivity (Wildman–Crippen MR) is 98.4 cm³/mol. The minimum Gasteiger partial charge on any atom is -0.345 e. The zero-order valence-corrected chi connectivity index (χ0v) is 14.7. The van der Waals surface area contributed by atoms with Gasteiger partial charge in [0.2, 0.25) is 0 Å². The third-order valence-corrected chi connectivity index (χ3v) is 3.68. The Balaban J connectivity index is 2.17. The molecule has 0 aliphatic rings. The number of hydrogen-bond acceptors (Lipinski definition) is 4. The van der Waals surface area contributed by atoms with Gasteiger partial charge in [0.25, 0.3) is 5.91 Å². The second kappa shape index (κ2) is 8.65. The minimum absolute atomic E-state index is 0.0263. The van der Waals surface area contributed by atoms with E-state index in [-0.39, 0.29) is 17.5 Å². The maximum atomic E-state index is 12.8. The number of aryl methyl sites for hydroxylation is 1. The van der Waals surface area contributed by atoms with Gasteiger partial charge in [-0.2, -0.15) is 5.26 Å². The summed E-state index contributed by atoms with van der Waals surface area (Å²) in [5.74, 6) is 0.293.